The second-order valence-corrected chi connectivity index (χ2v) is 4.85. The molecule has 0 aliphatic carbocycles. The maximum absolute atomic E-state index is 4.61. The fraction of sp³-hybridized carbons (Fsp3) is 0.692. The fourth-order valence-corrected chi connectivity index (χ4v) is 1.90. The highest BCUT2D eigenvalue weighted by molar-refractivity contribution is 14.0. The second-order valence-electron chi connectivity index (χ2n) is 4.85. The average molecular weight is 379 g/mol. The number of nitrogens with zero attached hydrogens (tertiary/aromatic N) is 5. The quantitative estimate of drug-likeness (QED) is 0.340. The second kappa shape index (κ2) is 9.17. The van der Waals surface area contributed by atoms with Gasteiger partial charge in [0.15, 0.2) is 5.96 Å². The summed E-state index contributed by atoms with van der Waals surface area (Å²) in [5.41, 5.74) is 0. The first-order chi connectivity index (χ1) is 8.52. The van der Waals surface area contributed by atoms with Crippen LogP contribution in [0.4, 0.5) is 0 Å². The van der Waals surface area contributed by atoms with Gasteiger partial charge in [0.1, 0.15) is 5.82 Å². The lowest BCUT2D eigenvalue weighted by molar-refractivity contribution is 0.477. The van der Waals surface area contributed by atoms with Gasteiger partial charge in [0.05, 0.1) is 0 Å². The Bertz CT molecular complexity index is 374. The number of rotatable bonds is 5. The van der Waals surface area contributed by atoms with Crippen LogP contribution in [0.2, 0.25) is 0 Å². The van der Waals surface area contributed by atoms with Gasteiger partial charge < -0.3 is 14.4 Å². The molecule has 1 aromatic heterocycles. The highest BCUT2D eigenvalue weighted by atomic mass is 127. The molecular weight excluding hydrogens is 353 g/mol. The molecule has 0 saturated heterocycles. The molecule has 6 heteroatoms. The van der Waals surface area contributed by atoms with Crippen molar-refractivity contribution in [2.75, 3.05) is 34.7 Å². The molecule has 0 unspecified atom stereocenters. The number of halogens is 1. The Hall–Kier alpha value is -0.790. The van der Waals surface area contributed by atoms with Gasteiger partial charge in [0, 0.05) is 53.7 Å². The molecule has 0 fully saturated rings. The van der Waals surface area contributed by atoms with Crippen LogP contribution in [0.3, 0.4) is 0 Å². The van der Waals surface area contributed by atoms with Crippen LogP contribution >= 0.6 is 24.0 Å². The molecule has 1 rings (SSSR count). The monoisotopic (exact) mass is 379 g/mol. The van der Waals surface area contributed by atoms with Crippen LogP contribution in [-0.2, 0) is 6.54 Å². The van der Waals surface area contributed by atoms with Crippen molar-refractivity contribution < 1.29 is 0 Å². The molecule has 0 aliphatic heterocycles. The highest BCUT2D eigenvalue weighted by Gasteiger charge is 2.03. The number of guanidine groups is 1. The van der Waals surface area contributed by atoms with Crippen molar-refractivity contribution in [1.82, 2.24) is 19.4 Å². The van der Waals surface area contributed by atoms with Gasteiger partial charge in [-0.15, -0.1) is 24.0 Å². The largest absolute Gasteiger partial charge is 0.349 e. The molecule has 0 amide bonds. The molecule has 0 aromatic carbocycles. The lowest BCUT2D eigenvalue weighted by atomic mass is 10.3. The molecule has 0 saturated carbocycles. The summed E-state index contributed by atoms with van der Waals surface area (Å²) in [7, 11) is 8.09. The molecule has 0 radical (unpaired) electrons. The zero-order valence-electron chi connectivity index (χ0n) is 12.6. The SMILES string of the molecule is Cc1nccn1CCCCN=C(N(C)C)N(C)C.I. The summed E-state index contributed by atoms with van der Waals surface area (Å²) < 4.78 is 2.18. The van der Waals surface area contributed by atoms with Crippen molar-refractivity contribution in [2.24, 2.45) is 4.99 Å². The summed E-state index contributed by atoms with van der Waals surface area (Å²) in [6, 6.07) is 0. The van der Waals surface area contributed by atoms with E-state index in [4.69, 9.17) is 0 Å². The van der Waals surface area contributed by atoms with Gasteiger partial charge in [-0.2, -0.15) is 0 Å². The van der Waals surface area contributed by atoms with E-state index in [1.165, 1.54) is 0 Å². The number of aromatic nitrogens is 2. The van der Waals surface area contributed by atoms with E-state index >= 15 is 0 Å². The first-order valence-electron chi connectivity index (χ1n) is 6.39. The number of aliphatic imine (C=N–C) groups is 1. The Labute approximate surface area is 133 Å². The smallest absolute Gasteiger partial charge is 0.195 e. The molecular formula is C13H26IN5. The zero-order valence-corrected chi connectivity index (χ0v) is 15.0. The summed E-state index contributed by atoms with van der Waals surface area (Å²) in [5, 5.41) is 0. The maximum Gasteiger partial charge on any atom is 0.195 e. The van der Waals surface area contributed by atoms with Gasteiger partial charge in [0.25, 0.3) is 0 Å². The Morgan fingerprint density at radius 2 is 1.84 bits per heavy atom. The normalized spacial score (nSPS) is 9.74. The molecule has 1 heterocycles. The number of unbranched alkanes of at least 4 members (excludes halogenated alkanes) is 1. The van der Waals surface area contributed by atoms with Crippen LogP contribution in [-0.4, -0.2) is 60.0 Å². The van der Waals surface area contributed by atoms with Crippen LogP contribution < -0.4 is 0 Å². The van der Waals surface area contributed by atoms with Gasteiger partial charge >= 0.3 is 0 Å². The maximum atomic E-state index is 4.61. The summed E-state index contributed by atoms with van der Waals surface area (Å²) in [6.07, 6.45) is 6.12. The fourth-order valence-electron chi connectivity index (χ4n) is 1.90. The molecule has 0 aliphatic rings. The van der Waals surface area contributed by atoms with E-state index in [0.29, 0.717) is 0 Å². The first kappa shape index (κ1) is 18.2. The van der Waals surface area contributed by atoms with E-state index in [9.17, 15) is 0 Å². The molecule has 0 atom stereocenters. The third-order valence-electron chi connectivity index (χ3n) is 2.78. The van der Waals surface area contributed by atoms with Crippen LogP contribution in [0, 0.1) is 6.92 Å². The van der Waals surface area contributed by atoms with E-state index < -0.39 is 0 Å². The Balaban J connectivity index is 0.00000324. The van der Waals surface area contributed by atoms with Gasteiger partial charge in [-0.05, 0) is 19.8 Å². The Morgan fingerprint density at radius 3 is 2.32 bits per heavy atom. The molecule has 110 valence electrons. The summed E-state index contributed by atoms with van der Waals surface area (Å²) >= 11 is 0. The third kappa shape index (κ3) is 6.26. The lowest BCUT2D eigenvalue weighted by Crippen LogP contribution is -2.35. The van der Waals surface area contributed by atoms with Crippen molar-refractivity contribution >= 4 is 29.9 Å². The first-order valence-corrected chi connectivity index (χ1v) is 6.39. The highest BCUT2D eigenvalue weighted by Crippen LogP contribution is 2.00. The molecule has 1 aromatic rings. The predicted octanol–water partition coefficient (Wildman–Crippen LogP) is 2.07. The average Bonchev–Trinajstić information content (AvgIpc) is 2.68. The molecule has 5 nitrogen and oxygen atoms in total. The van der Waals surface area contributed by atoms with Gasteiger partial charge in [0.2, 0.25) is 0 Å². The van der Waals surface area contributed by atoms with E-state index in [2.05, 4.69) is 14.5 Å². The van der Waals surface area contributed by atoms with E-state index in [1.54, 1.807) is 0 Å². The van der Waals surface area contributed by atoms with E-state index in [1.807, 2.05) is 57.3 Å². The van der Waals surface area contributed by atoms with Crippen LogP contribution in [0.15, 0.2) is 17.4 Å². The Kier molecular flexibility index (Phi) is 8.79. The third-order valence-corrected chi connectivity index (χ3v) is 2.78. The molecule has 0 bridgehead atoms. The van der Waals surface area contributed by atoms with Gasteiger partial charge in [-0.3, -0.25) is 4.99 Å². The van der Waals surface area contributed by atoms with Crippen LogP contribution in [0.5, 0.6) is 0 Å². The number of hydrogen-bond donors (Lipinski definition) is 0. The number of aryl methyl sites for hydroxylation is 2. The molecule has 0 spiro atoms. The lowest BCUT2D eigenvalue weighted by Gasteiger charge is -2.22. The summed E-state index contributed by atoms with van der Waals surface area (Å²) in [5.74, 6) is 2.11. The standard InChI is InChI=1S/C13H25N5.HI/c1-12-14-9-11-18(12)10-7-6-8-15-13(16(2)3)17(4)5;/h9,11H,6-8,10H2,1-5H3;1H. The Morgan fingerprint density at radius 1 is 1.21 bits per heavy atom. The summed E-state index contributed by atoms with van der Waals surface area (Å²) in [6.45, 7) is 3.94. The van der Waals surface area contributed by atoms with Crippen molar-refractivity contribution in [2.45, 2.75) is 26.3 Å². The summed E-state index contributed by atoms with van der Waals surface area (Å²) in [4.78, 5) is 12.9. The van der Waals surface area contributed by atoms with Crippen LogP contribution in [0.1, 0.15) is 18.7 Å². The van der Waals surface area contributed by atoms with Crippen molar-refractivity contribution in [3.8, 4) is 0 Å². The number of hydrogen-bond acceptors (Lipinski definition) is 2. The zero-order chi connectivity index (χ0) is 13.5. The van der Waals surface area contributed by atoms with E-state index in [0.717, 1.165) is 37.7 Å². The van der Waals surface area contributed by atoms with Gasteiger partial charge in [-0.1, -0.05) is 0 Å². The van der Waals surface area contributed by atoms with Crippen molar-refractivity contribution in [3.63, 3.8) is 0 Å². The van der Waals surface area contributed by atoms with Gasteiger partial charge in [-0.25, -0.2) is 4.98 Å². The molecule has 19 heavy (non-hydrogen) atoms. The topological polar surface area (TPSA) is 36.7 Å². The van der Waals surface area contributed by atoms with Crippen molar-refractivity contribution in [3.05, 3.63) is 18.2 Å². The minimum atomic E-state index is 0. The van der Waals surface area contributed by atoms with Crippen molar-refractivity contribution in [1.29, 1.82) is 0 Å². The minimum Gasteiger partial charge on any atom is -0.349 e. The molecule has 0 N–H and O–H groups in total. The van der Waals surface area contributed by atoms with E-state index in [-0.39, 0.29) is 24.0 Å². The van der Waals surface area contributed by atoms with Crippen LogP contribution in [0.25, 0.3) is 0 Å². The number of imidazole rings is 1. The predicted molar refractivity (Wildman–Crippen MR) is 91.3 cm³/mol. The minimum absolute atomic E-state index is 0.